The van der Waals surface area contributed by atoms with Gasteiger partial charge in [-0.2, -0.15) is 0 Å². The minimum atomic E-state index is -0.509. The fraction of sp³-hybridized carbons (Fsp3) is 1.00. The van der Waals surface area contributed by atoms with Gasteiger partial charge in [-0.05, 0) is 44.4 Å². The van der Waals surface area contributed by atoms with Gasteiger partial charge in [0.15, 0.2) is 0 Å². The Morgan fingerprint density at radius 2 is 1.71 bits per heavy atom. The molecule has 2 rings (SSSR count). The number of β-amino-alcohol motifs (C(OH)–C–C–N with tert-alkyl or cyclic N) is 1. The third kappa shape index (κ3) is 3.21. The van der Waals surface area contributed by atoms with Crippen molar-refractivity contribution in [1.29, 1.82) is 0 Å². The fourth-order valence-corrected chi connectivity index (χ4v) is 3.27. The summed E-state index contributed by atoms with van der Waals surface area (Å²) in [6.45, 7) is 3.14. The lowest BCUT2D eigenvalue weighted by Gasteiger charge is -2.41. The molecule has 0 bridgehead atoms. The number of aliphatic hydroxyl groups excluding tert-OH is 1. The van der Waals surface area contributed by atoms with Crippen LogP contribution in [0.4, 0.5) is 0 Å². The highest BCUT2D eigenvalue weighted by atomic mass is 16.3. The lowest BCUT2D eigenvalue weighted by atomic mass is 9.77. The van der Waals surface area contributed by atoms with E-state index in [-0.39, 0.29) is 12.1 Å². The van der Waals surface area contributed by atoms with Crippen molar-refractivity contribution in [3.63, 3.8) is 0 Å². The molecule has 3 heteroatoms. The third-order valence-electron chi connectivity index (χ3n) is 4.86. The monoisotopic (exact) mass is 241 g/mol. The molecule has 0 spiro atoms. The van der Waals surface area contributed by atoms with Crippen molar-refractivity contribution in [2.45, 2.75) is 69.4 Å². The van der Waals surface area contributed by atoms with Crippen LogP contribution in [0.3, 0.4) is 0 Å². The molecule has 3 nitrogen and oxygen atoms in total. The summed E-state index contributed by atoms with van der Waals surface area (Å²) < 4.78 is 0. The largest absolute Gasteiger partial charge is 0.394 e. The summed E-state index contributed by atoms with van der Waals surface area (Å²) in [5.41, 5.74) is -0.629. The van der Waals surface area contributed by atoms with Gasteiger partial charge in [0.05, 0.1) is 12.2 Å². The van der Waals surface area contributed by atoms with E-state index in [4.69, 9.17) is 0 Å². The molecule has 0 atom stereocenters. The van der Waals surface area contributed by atoms with E-state index in [1.54, 1.807) is 0 Å². The van der Waals surface area contributed by atoms with E-state index < -0.39 is 5.60 Å². The molecule has 3 N–H and O–H groups in total. The van der Waals surface area contributed by atoms with Gasteiger partial charge in [-0.25, -0.2) is 0 Å². The zero-order valence-corrected chi connectivity index (χ0v) is 11.0. The fourth-order valence-electron chi connectivity index (χ4n) is 3.27. The lowest BCUT2D eigenvalue weighted by molar-refractivity contribution is 0.0221. The molecular weight excluding hydrogens is 214 g/mol. The van der Waals surface area contributed by atoms with E-state index in [2.05, 4.69) is 12.2 Å². The number of nitrogens with one attached hydrogen (secondary N) is 1. The molecule has 0 heterocycles. The highest BCUT2D eigenvalue weighted by Gasteiger charge is 2.37. The van der Waals surface area contributed by atoms with E-state index >= 15 is 0 Å². The molecule has 0 saturated heterocycles. The van der Waals surface area contributed by atoms with Crippen molar-refractivity contribution >= 4 is 0 Å². The van der Waals surface area contributed by atoms with Crippen LogP contribution in [0, 0.1) is 5.92 Å². The van der Waals surface area contributed by atoms with Gasteiger partial charge < -0.3 is 15.5 Å². The summed E-state index contributed by atoms with van der Waals surface area (Å²) in [6, 6.07) is 0. The van der Waals surface area contributed by atoms with Crippen LogP contribution < -0.4 is 5.32 Å². The quantitative estimate of drug-likeness (QED) is 0.704. The number of rotatable bonds is 4. The first kappa shape index (κ1) is 13.3. The first-order valence-electron chi connectivity index (χ1n) is 7.16. The third-order valence-corrected chi connectivity index (χ3v) is 4.86. The van der Waals surface area contributed by atoms with Crippen LogP contribution in [0.5, 0.6) is 0 Å². The minimum absolute atomic E-state index is 0.120. The van der Waals surface area contributed by atoms with Crippen LogP contribution >= 0.6 is 0 Å². The molecule has 0 aromatic carbocycles. The maximum Gasteiger partial charge on any atom is 0.0771 e. The average Bonchev–Trinajstić information content (AvgIpc) is 2.77. The van der Waals surface area contributed by atoms with Gasteiger partial charge in [0, 0.05) is 12.1 Å². The smallest absolute Gasteiger partial charge is 0.0771 e. The number of hydrogen-bond acceptors (Lipinski definition) is 3. The molecule has 0 unspecified atom stereocenters. The Morgan fingerprint density at radius 1 is 1.12 bits per heavy atom. The molecule has 0 aromatic rings. The topological polar surface area (TPSA) is 52.5 Å². The molecular formula is C14H27NO2. The van der Waals surface area contributed by atoms with Crippen LogP contribution in [-0.2, 0) is 0 Å². The van der Waals surface area contributed by atoms with E-state index in [0.717, 1.165) is 44.4 Å². The maximum absolute atomic E-state index is 10.3. The van der Waals surface area contributed by atoms with Gasteiger partial charge in [0.25, 0.3) is 0 Å². The Hall–Kier alpha value is -0.120. The Balaban J connectivity index is 1.86. The zero-order chi connectivity index (χ0) is 12.4. The number of aliphatic hydroxyl groups is 2. The first-order valence-corrected chi connectivity index (χ1v) is 7.16. The van der Waals surface area contributed by atoms with Gasteiger partial charge >= 0.3 is 0 Å². The maximum atomic E-state index is 10.3. The second-order valence-electron chi connectivity index (χ2n) is 6.41. The molecule has 0 amide bonds. The van der Waals surface area contributed by atoms with Crippen LogP contribution in [0.25, 0.3) is 0 Å². The van der Waals surface area contributed by atoms with Crippen molar-refractivity contribution in [3.8, 4) is 0 Å². The summed E-state index contributed by atoms with van der Waals surface area (Å²) in [5, 5.41) is 23.5. The Kier molecular flexibility index (Phi) is 4.11. The van der Waals surface area contributed by atoms with Gasteiger partial charge in [-0.15, -0.1) is 0 Å². The molecule has 2 aliphatic rings. The van der Waals surface area contributed by atoms with Gasteiger partial charge in [-0.3, -0.25) is 0 Å². The van der Waals surface area contributed by atoms with Crippen molar-refractivity contribution in [1.82, 2.24) is 5.32 Å². The van der Waals surface area contributed by atoms with E-state index in [0.29, 0.717) is 6.54 Å². The summed E-state index contributed by atoms with van der Waals surface area (Å²) in [4.78, 5) is 0. The lowest BCUT2D eigenvalue weighted by Crippen LogP contribution is -2.55. The summed E-state index contributed by atoms with van der Waals surface area (Å²) in [7, 11) is 0. The molecule has 2 saturated carbocycles. The first-order chi connectivity index (χ1) is 8.08. The second kappa shape index (κ2) is 5.25. The predicted molar refractivity (Wildman–Crippen MR) is 68.9 cm³/mol. The van der Waals surface area contributed by atoms with Crippen molar-refractivity contribution in [2.24, 2.45) is 5.92 Å². The summed E-state index contributed by atoms with van der Waals surface area (Å²) >= 11 is 0. The normalized spacial score (nSPS) is 37.2. The standard InChI is InChI=1S/C14H27NO2/c1-12-4-8-13(11-16,9-5-12)15-10-14(17)6-2-3-7-14/h12,15-17H,2-11H2,1H3. The van der Waals surface area contributed by atoms with Crippen molar-refractivity contribution in [2.75, 3.05) is 13.2 Å². The summed E-state index contributed by atoms with van der Waals surface area (Å²) in [6.07, 6.45) is 8.57. The van der Waals surface area contributed by atoms with Crippen molar-refractivity contribution in [3.05, 3.63) is 0 Å². The zero-order valence-electron chi connectivity index (χ0n) is 11.0. The Bertz CT molecular complexity index is 241. The molecule has 100 valence electrons. The Morgan fingerprint density at radius 3 is 2.24 bits per heavy atom. The van der Waals surface area contributed by atoms with Gasteiger partial charge in [0.1, 0.15) is 0 Å². The average molecular weight is 241 g/mol. The highest BCUT2D eigenvalue weighted by Crippen LogP contribution is 2.34. The SMILES string of the molecule is CC1CCC(CO)(NCC2(O)CCCC2)CC1. The van der Waals surface area contributed by atoms with Crippen molar-refractivity contribution < 1.29 is 10.2 Å². The minimum Gasteiger partial charge on any atom is -0.394 e. The molecule has 17 heavy (non-hydrogen) atoms. The van der Waals surface area contributed by atoms with Crippen LogP contribution in [0.2, 0.25) is 0 Å². The van der Waals surface area contributed by atoms with E-state index in [1.807, 2.05) is 0 Å². The van der Waals surface area contributed by atoms with Gasteiger partial charge in [0.2, 0.25) is 0 Å². The van der Waals surface area contributed by atoms with Crippen LogP contribution in [0.15, 0.2) is 0 Å². The number of hydrogen-bond donors (Lipinski definition) is 3. The van der Waals surface area contributed by atoms with E-state index in [9.17, 15) is 10.2 Å². The molecule has 0 aromatic heterocycles. The predicted octanol–water partition coefficient (Wildman–Crippen LogP) is 1.82. The Labute approximate surface area is 105 Å². The summed E-state index contributed by atoms with van der Waals surface area (Å²) in [5.74, 6) is 0.783. The molecule has 2 aliphatic carbocycles. The van der Waals surface area contributed by atoms with E-state index in [1.165, 1.54) is 12.8 Å². The molecule has 0 aliphatic heterocycles. The van der Waals surface area contributed by atoms with Gasteiger partial charge in [-0.1, -0.05) is 19.8 Å². The van der Waals surface area contributed by atoms with Crippen LogP contribution in [0.1, 0.15) is 58.3 Å². The second-order valence-corrected chi connectivity index (χ2v) is 6.41. The molecule has 2 fully saturated rings. The highest BCUT2D eigenvalue weighted by molar-refractivity contribution is 4.95. The molecule has 0 radical (unpaired) electrons. The van der Waals surface area contributed by atoms with Crippen LogP contribution in [-0.4, -0.2) is 34.5 Å².